The van der Waals surface area contributed by atoms with Crippen molar-refractivity contribution < 1.29 is 0 Å². The third-order valence-electron chi connectivity index (χ3n) is 1.65. The molecule has 0 bridgehead atoms. The fourth-order valence-electron chi connectivity index (χ4n) is 0.973. The van der Waals surface area contributed by atoms with Crippen LogP contribution in [0.5, 0.6) is 0 Å². The summed E-state index contributed by atoms with van der Waals surface area (Å²) in [5, 5.41) is 10.5. The predicted octanol–water partition coefficient (Wildman–Crippen LogP) is 2.51. The molecule has 1 aromatic rings. The lowest BCUT2D eigenvalue weighted by Gasteiger charge is -1.99. The quantitative estimate of drug-likeness (QED) is 0.272. The van der Waals surface area contributed by atoms with E-state index in [1.807, 2.05) is 17.5 Å². The van der Waals surface area contributed by atoms with Crippen LogP contribution in [0.15, 0.2) is 23.1 Å². The molecule has 0 saturated heterocycles. The zero-order valence-corrected chi connectivity index (χ0v) is 9.74. The van der Waals surface area contributed by atoms with Gasteiger partial charge in [0.2, 0.25) is 0 Å². The summed E-state index contributed by atoms with van der Waals surface area (Å²) in [6, 6.07) is 5.41. The number of nitrogens with two attached hydrogens (primary N) is 1. The van der Waals surface area contributed by atoms with Crippen LogP contribution in [0, 0.1) is 22.5 Å². The molecule has 2 N–H and O–H groups in total. The Morgan fingerprint density at radius 2 is 2.27 bits per heavy atom. The van der Waals surface area contributed by atoms with E-state index in [2.05, 4.69) is 24.5 Å². The maximum absolute atomic E-state index is 8.53. The first-order valence-corrected chi connectivity index (χ1v) is 5.78. The monoisotopic (exact) mass is 234 g/mol. The number of thioether (sulfide) groups is 1. The number of anilines is 1. The maximum Gasteiger partial charge on any atom is 0.138 e. The van der Waals surface area contributed by atoms with Crippen molar-refractivity contribution >= 4 is 30.1 Å². The van der Waals surface area contributed by atoms with Crippen LogP contribution in [-0.4, -0.2) is 5.75 Å². The van der Waals surface area contributed by atoms with Gasteiger partial charge >= 0.3 is 0 Å². The Morgan fingerprint density at radius 1 is 1.47 bits per heavy atom. The standard InChI is InChI=1S/C11H10N2S2/c12-8-15-10-4-5-11(13)9(7-10)3-1-2-6-14/h4-5,7,14H,2,6,13H2. The van der Waals surface area contributed by atoms with E-state index in [4.69, 9.17) is 11.0 Å². The molecule has 0 saturated carbocycles. The van der Waals surface area contributed by atoms with Crippen molar-refractivity contribution in [1.82, 2.24) is 0 Å². The highest BCUT2D eigenvalue weighted by atomic mass is 32.2. The summed E-state index contributed by atoms with van der Waals surface area (Å²) >= 11 is 5.17. The molecule has 2 nitrogen and oxygen atoms in total. The normalized spacial score (nSPS) is 8.80. The third-order valence-corrected chi connectivity index (χ3v) is 2.45. The number of hydrogen-bond donors (Lipinski definition) is 2. The molecule has 1 aromatic carbocycles. The van der Waals surface area contributed by atoms with Crippen LogP contribution in [0.4, 0.5) is 5.69 Å². The van der Waals surface area contributed by atoms with Gasteiger partial charge in [-0.15, -0.1) is 0 Å². The second-order valence-electron chi connectivity index (χ2n) is 2.72. The molecule has 0 heterocycles. The average Bonchev–Trinajstić information content (AvgIpc) is 2.23. The lowest BCUT2D eigenvalue weighted by molar-refractivity contribution is 1.31. The number of thiocyanates is 1. The van der Waals surface area contributed by atoms with Crippen molar-refractivity contribution in [1.29, 1.82) is 5.26 Å². The highest BCUT2D eigenvalue weighted by molar-refractivity contribution is 8.03. The number of thiol groups is 1. The first-order chi connectivity index (χ1) is 7.27. The van der Waals surface area contributed by atoms with Gasteiger partial charge < -0.3 is 5.73 Å². The molecule has 0 fully saturated rings. The van der Waals surface area contributed by atoms with Crippen LogP contribution >= 0.6 is 24.4 Å². The second kappa shape index (κ2) is 6.29. The third kappa shape index (κ3) is 3.79. The summed E-state index contributed by atoms with van der Waals surface area (Å²) in [7, 11) is 0. The van der Waals surface area contributed by atoms with E-state index in [1.54, 1.807) is 6.07 Å². The van der Waals surface area contributed by atoms with E-state index >= 15 is 0 Å². The number of nitriles is 1. The number of benzene rings is 1. The zero-order valence-electron chi connectivity index (χ0n) is 8.03. The Bertz CT molecular complexity index is 438. The number of nitrogens with zero attached hydrogens (tertiary/aromatic N) is 1. The molecule has 0 atom stereocenters. The van der Waals surface area contributed by atoms with Gasteiger partial charge in [0, 0.05) is 28.3 Å². The molecule has 4 heteroatoms. The van der Waals surface area contributed by atoms with Gasteiger partial charge in [-0.3, -0.25) is 0 Å². The number of rotatable bonds is 2. The first kappa shape index (κ1) is 11.8. The van der Waals surface area contributed by atoms with Crippen molar-refractivity contribution in [2.75, 3.05) is 11.5 Å². The van der Waals surface area contributed by atoms with Crippen LogP contribution in [-0.2, 0) is 0 Å². The van der Waals surface area contributed by atoms with Gasteiger partial charge in [0.05, 0.1) is 0 Å². The van der Waals surface area contributed by atoms with E-state index < -0.39 is 0 Å². The van der Waals surface area contributed by atoms with Gasteiger partial charge in [-0.05, 0) is 30.0 Å². The summed E-state index contributed by atoms with van der Waals surface area (Å²) in [6.45, 7) is 0. The van der Waals surface area contributed by atoms with E-state index in [-0.39, 0.29) is 0 Å². The lowest BCUT2D eigenvalue weighted by Crippen LogP contribution is -1.90. The first-order valence-electron chi connectivity index (χ1n) is 4.33. The molecule has 1 rings (SSSR count). The second-order valence-corrected chi connectivity index (χ2v) is 4.02. The summed E-state index contributed by atoms with van der Waals surface area (Å²) < 4.78 is 0. The van der Waals surface area contributed by atoms with Gasteiger partial charge in [-0.25, -0.2) is 0 Å². The molecule has 15 heavy (non-hydrogen) atoms. The Balaban J connectivity index is 2.92. The fourth-order valence-corrected chi connectivity index (χ4v) is 1.50. The van der Waals surface area contributed by atoms with Gasteiger partial charge in [0.15, 0.2) is 0 Å². The van der Waals surface area contributed by atoms with Crippen LogP contribution in [0.3, 0.4) is 0 Å². The molecule has 76 valence electrons. The molecule has 0 aliphatic carbocycles. The Labute approximate surface area is 99.3 Å². The van der Waals surface area contributed by atoms with Gasteiger partial charge in [-0.1, -0.05) is 11.8 Å². The summed E-state index contributed by atoms with van der Waals surface area (Å²) in [5.41, 5.74) is 7.17. The Kier molecular flexibility index (Phi) is 4.97. The van der Waals surface area contributed by atoms with Gasteiger partial charge in [0.25, 0.3) is 0 Å². The highest BCUT2D eigenvalue weighted by Crippen LogP contribution is 2.21. The average molecular weight is 234 g/mol. The van der Waals surface area contributed by atoms with Gasteiger partial charge in [0.1, 0.15) is 5.40 Å². The van der Waals surface area contributed by atoms with Gasteiger partial charge in [-0.2, -0.15) is 17.9 Å². The smallest absolute Gasteiger partial charge is 0.138 e. The van der Waals surface area contributed by atoms with Crippen LogP contribution in [0.2, 0.25) is 0 Å². The molecule has 0 amide bonds. The Morgan fingerprint density at radius 3 is 2.93 bits per heavy atom. The maximum atomic E-state index is 8.53. The van der Waals surface area contributed by atoms with Crippen molar-refractivity contribution in [3.8, 4) is 17.2 Å². The molecule has 0 radical (unpaired) electrons. The molecule has 0 aromatic heterocycles. The van der Waals surface area contributed by atoms with Crippen molar-refractivity contribution in [3.63, 3.8) is 0 Å². The number of nitrogen functional groups attached to an aromatic ring is 1. The summed E-state index contributed by atoms with van der Waals surface area (Å²) in [6.07, 6.45) is 0.734. The SMILES string of the molecule is N#CSc1ccc(N)c(C#CCCS)c1. The van der Waals surface area contributed by atoms with E-state index in [0.717, 1.165) is 34.4 Å². The minimum absolute atomic E-state index is 0.643. The Hall–Kier alpha value is -1.23. The van der Waals surface area contributed by atoms with Crippen molar-refractivity contribution in [2.45, 2.75) is 11.3 Å². The molecule has 0 unspecified atom stereocenters. The largest absolute Gasteiger partial charge is 0.398 e. The minimum Gasteiger partial charge on any atom is -0.398 e. The molecular formula is C11H10N2S2. The van der Waals surface area contributed by atoms with Crippen LogP contribution in [0.1, 0.15) is 12.0 Å². The lowest BCUT2D eigenvalue weighted by atomic mass is 10.2. The summed E-state index contributed by atoms with van der Waals surface area (Å²) in [4.78, 5) is 0.863. The topological polar surface area (TPSA) is 49.8 Å². The van der Waals surface area contributed by atoms with Crippen LogP contribution < -0.4 is 5.73 Å². The molecule has 0 aliphatic heterocycles. The van der Waals surface area contributed by atoms with E-state index in [0.29, 0.717) is 5.69 Å². The predicted molar refractivity (Wildman–Crippen MR) is 67.7 cm³/mol. The molecular weight excluding hydrogens is 224 g/mol. The zero-order chi connectivity index (χ0) is 11.1. The van der Waals surface area contributed by atoms with E-state index in [1.165, 1.54) is 0 Å². The fraction of sp³-hybridized carbons (Fsp3) is 0.182. The van der Waals surface area contributed by atoms with Crippen molar-refractivity contribution in [3.05, 3.63) is 23.8 Å². The van der Waals surface area contributed by atoms with Crippen LogP contribution in [0.25, 0.3) is 0 Å². The summed E-state index contributed by atoms with van der Waals surface area (Å²) in [5.74, 6) is 6.66. The minimum atomic E-state index is 0.643. The molecule has 0 aliphatic rings. The van der Waals surface area contributed by atoms with E-state index in [9.17, 15) is 0 Å². The number of hydrogen-bond acceptors (Lipinski definition) is 4. The van der Waals surface area contributed by atoms with Crippen molar-refractivity contribution in [2.24, 2.45) is 0 Å². The molecule has 0 spiro atoms. The highest BCUT2D eigenvalue weighted by Gasteiger charge is 1.98.